The molecule has 1 aliphatic rings. The first-order chi connectivity index (χ1) is 6.97. The Morgan fingerprint density at radius 2 is 2.00 bits per heavy atom. The summed E-state index contributed by atoms with van der Waals surface area (Å²) in [4.78, 5) is 0. The number of thiol groups is 1. The van der Waals surface area contributed by atoms with Crippen molar-refractivity contribution in [2.75, 3.05) is 12.5 Å². The summed E-state index contributed by atoms with van der Waals surface area (Å²) >= 11 is 8.26. The van der Waals surface area contributed by atoms with E-state index in [1.54, 1.807) is 0 Å². The molecule has 0 heterocycles. The molecular formula is C12H17BrS2. The fraction of sp³-hybridized carbons (Fsp3) is 0.500. The molecule has 15 heavy (non-hydrogen) atoms. The first-order valence-electron chi connectivity index (χ1n) is 5.17. The molecule has 0 amide bonds. The van der Waals surface area contributed by atoms with Crippen molar-refractivity contribution in [3.8, 4) is 0 Å². The molecular weight excluding hydrogens is 288 g/mol. The molecule has 1 fully saturated rings. The topological polar surface area (TPSA) is 0 Å². The molecule has 0 nitrogen and oxygen atoms in total. The lowest BCUT2D eigenvalue weighted by atomic mass is 9.79. The van der Waals surface area contributed by atoms with Crippen LogP contribution in [0.5, 0.6) is 0 Å². The number of halogens is 1. The van der Waals surface area contributed by atoms with Crippen LogP contribution < -0.4 is 0 Å². The summed E-state index contributed by atoms with van der Waals surface area (Å²) in [7, 11) is -0.634. The first kappa shape index (κ1) is 11.9. The molecule has 1 aromatic carbocycles. The average molecular weight is 305 g/mol. The Hall–Kier alpha value is 0.400. The lowest BCUT2D eigenvalue weighted by Crippen LogP contribution is -2.29. The van der Waals surface area contributed by atoms with E-state index in [1.807, 2.05) is 0 Å². The van der Waals surface area contributed by atoms with Gasteiger partial charge in [-0.15, -0.1) is 11.7 Å². The van der Waals surface area contributed by atoms with E-state index >= 15 is 0 Å². The van der Waals surface area contributed by atoms with Gasteiger partial charge in [0.2, 0.25) is 0 Å². The van der Waals surface area contributed by atoms with Crippen molar-refractivity contribution < 1.29 is 0 Å². The van der Waals surface area contributed by atoms with E-state index in [1.165, 1.54) is 22.9 Å². The second-order valence-corrected chi connectivity index (χ2v) is 11.8. The third-order valence-electron chi connectivity index (χ3n) is 3.23. The summed E-state index contributed by atoms with van der Waals surface area (Å²) in [5.41, 5.74) is 1.48. The molecule has 0 saturated heterocycles. The third-order valence-corrected chi connectivity index (χ3v) is 6.63. The molecule has 0 aromatic heterocycles. The second-order valence-electron chi connectivity index (χ2n) is 4.70. The van der Waals surface area contributed by atoms with Gasteiger partial charge in [0.05, 0.1) is 0 Å². The zero-order valence-corrected chi connectivity index (χ0v) is 12.4. The van der Waals surface area contributed by atoms with E-state index in [0.717, 1.165) is 11.2 Å². The van der Waals surface area contributed by atoms with Gasteiger partial charge in [-0.2, -0.15) is 9.06 Å². The number of hydrogen-bond donors (Lipinski definition) is 1. The third kappa shape index (κ3) is 2.75. The summed E-state index contributed by atoms with van der Waals surface area (Å²) in [6.45, 7) is 0. The first-order valence-corrected chi connectivity index (χ1v) is 9.52. The van der Waals surface area contributed by atoms with Crippen LogP contribution in [-0.4, -0.2) is 17.8 Å². The van der Waals surface area contributed by atoms with Gasteiger partial charge in [0.25, 0.3) is 0 Å². The van der Waals surface area contributed by atoms with E-state index < -0.39 is 9.06 Å². The van der Waals surface area contributed by atoms with Crippen LogP contribution >= 0.6 is 36.7 Å². The van der Waals surface area contributed by atoms with Crippen molar-refractivity contribution in [2.24, 2.45) is 0 Å². The van der Waals surface area contributed by atoms with Gasteiger partial charge in [-0.1, -0.05) is 28.1 Å². The van der Waals surface area contributed by atoms with Crippen LogP contribution in [0.2, 0.25) is 0 Å². The van der Waals surface area contributed by atoms with Crippen molar-refractivity contribution in [2.45, 2.75) is 24.0 Å². The Bertz CT molecular complexity index is 351. The predicted octanol–water partition coefficient (Wildman–Crippen LogP) is 4.60. The van der Waals surface area contributed by atoms with Gasteiger partial charge in [0.1, 0.15) is 0 Å². The molecule has 0 radical (unpaired) electrons. The number of benzene rings is 1. The molecule has 84 valence electrons. The fourth-order valence-corrected chi connectivity index (χ4v) is 4.41. The minimum Gasteiger partial charge on any atom is -0.198 e. The lowest BCUT2D eigenvalue weighted by molar-refractivity contribution is 0.433. The van der Waals surface area contributed by atoms with Crippen LogP contribution in [-0.2, 0) is 0 Å². The summed E-state index contributed by atoms with van der Waals surface area (Å²) in [6, 6.07) is 8.72. The average Bonchev–Trinajstić information content (AvgIpc) is 1.97. The smallest absolute Gasteiger partial charge is 0.0178 e. The molecule has 1 aromatic rings. The summed E-state index contributed by atoms with van der Waals surface area (Å²) in [6.07, 6.45) is 7.25. The maximum Gasteiger partial charge on any atom is 0.0178 e. The van der Waals surface area contributed by atoms with Crippen molar-refractivity contribution >= 4 is 36.7 Å². The van der Waals surface area contributed by atoms with Crippen LogP contribution in [0.3, 0.4) is 0 Å². The molecule has 0 bridgehead atoms. The van der Waals surface area contributed by atoms with Gasteiger partial charge in [-0.3, -0.25) is 0 Å². The van der Waals surface area contributed by atoms with E-state index in [9.17, 15) is 0 Å². The van der Waals surface area contributed by atoms with Crippen molar-refractivity contribution in [3.63, 3.8) is 0 Å². The molecule has 0 unspecified atom stereocenters. The molecule has 0 spiro atoms. The Kier molecular flexibility index (Phi) is 3.44. The zero-order valence-electron chi connectivity index (χ0n) is 9.11. The SMILES string of the molecule is CS(C)(S)C1CC(c2cccc(Br)c2)C1. The van der Waals surface area contributed by atoms with Crippen LogP contribution in [0, 0.1) is 0 Å². The van der Waals surface area contributed by atoms with Crippen LogP contribution in [0.1, 0.15) is 24.3 Å². The highest BCUT2D eigenvalue weighted by atomic mass is 79.9. The van der Waals surface area contributed by atoms with Crippen LogP contribution in [0.25, 0.3) is 0 Å². The predicted molar refractivity (Wildman–Crippen MR) is 78.3 cm³/mol. The number of hydrogen-bond acceptors (Lipinski definition) is 1. The Morgan fingerprint density at radius 3 is 2.53 bits per heavy atom. The molecule has 0 N–H and O–H groups in total. The highest BCUT2D eigenvalue weighted by Crippen LogP contribution is 2.60. The zero-order chi connectivity index (χ0) is 11.1. The quantitative estimate of drug-likeness (QED) is 0.599. The van der Waals surface area contributed by atoms with Crippen LogP contribution in [0.15, 0.2) is 28.7 Å². The van der Waals surface area contributed by atoms with E-state index in [0.29, 0.717) is 0 Å². The lowest BCUT2D eigenvalue weighted by Gasteiger charge is -2.46. The monoisotopic (exact) mass is 304 g/mol. The highest BCUT2D eigenvalue weighted by molar-refractivity contribution is 9.10. The second kappa shape index (κ2) is 4.34. The summed E-state index contributed by atoms with van der Waals surface area (Å²) in [5.74, 6) is 0.770. The van der Waals surface area contributed by atoms with Gasteiger partial charge >= 0.3 is 0 Å². The van der Waals surface area contributed by atoms with Gasteiger partial charge in [-0.05, 0) is 54.2 Å². The van der Waals surface area contributed by atoms with E-state index in [2.05, 4.69) is 52.7 Å². The van der Waals surface area contributed by atoms with Gasteiger partial charge in [-0.25, -0.2) is 0 Å². The Balaban J connectivity index is 2.00. The molecule has 3 heteroatoms. The number of rotatable bonds is 2. The molecule has 0 aliphatic heterocycles. The largest absolute Gasteiger partial charge is 0.198 e. The maximum atomic E-state index is 4.73. The van der Waals surface area contributed by atoms with Crippen LogP contribution in [0.4, 0.5) is 0 Å². The van der Waals surface area contributed by atoms with E-state index in [-0.39, 0.29) is 0 Å². The molecule has 2 rings (SSSR count). The fourth-order valence-electron chi connectivity index (χ4n) is 2.07. The van der Waals surface area contributed by atoms with Crippen molar-refractivity contribution in [1.29, 1.82) is 0 Å². The Morgan fingerprint density at radius 1 is 1.33 bits per heavy atom. The normalized spacial score (nSPS) is 27.2. The Labute approximate surface area is 107 Å². The van der Waals surface area contributed by atoms with E-state index in [4.69, 9.17) is 11.7 Å². The summed E-state index contributed by atoms with van der Waals surface area (Å²) < 4.78 is 1.20. The van der Waals surface area contributed by atoms with Crippen molar-refractivity contribution in [1.82, 2.24) is 0 Å². The maximum absolute atomic E-state index is 4.73. The van der Waals surface area contributed by atoms with Crippen molar-refractivity contribution in [3.05, 3.63) is 34.3 Å². The minimum atomic E-state index is -0.634. The molecule has 0 atom stereocenters. The molecule has 1 aliphatic carbocycles. The summed E-state index contributed by atoms with van der Waals surface area (Å²) in [5, 5.41) is 0.852. The molecule has 1 saturated carbocycles. The van der Waals surface area contributed by atoms with Gasteiger partial charge in [0.15, 0.2) is 0 Å². The minimum absolute atomic E-state index is 0.634. The van der Waals surface area contributed by atoms with Gasteiger partial charge < -0.3 is 0 Å². The standard InChI is InChI=1S/C12H17BrS2/c1-15(2,14)12-7-10(8-12)9-4-3-5-11(13)6-9/h3-6,10,12,14H,7-8H2,1-2H3. The highest BCUT2D eigenvalue weighted by Gasteiger charge is 2.36. The van der Waals surface area contributed by atoms with Gasteiger partial charge in [0, 0.05) is 4.47 Å².